The van der Waals surface area contributed by atoms with Crippen LogP contribution in [0.4, 0.5) is 0 Å². The molecule has 0 fully saturated rings. The Balaban J connectivity index is 2.32. The van der Waals surface area contributed by atoms with Crippen LogP contribution in [0.15, 0.2) is 30.3 Å². The number of nitrogens with zero attached hydrogens (tertiary/aromatic N) is 1. The van der Waals surface area contributed by atoms with Crippen LogP contribution in [0, 0.1) is 6.92 Å². The van der Waals surface area contributed by atoms with Gasteiger partial charge >= 0.3 is 0 Å². The van der Waals surface area contributed by atoms with Gasteiger partial charge in [0.25, 0.3) is 0 Å². The van der Waals surface area contributed by atoms with Gasteiger partial charge in [0.05, 0.1) is 0 Å². The van der Waals surface area contributed by atoms with E-state index in [-0.39, 0.29) is 0 Å². The Morgan fingerprint density at radius 1 is 1.14 bits per heavy atom. The molecule has 0 aliphatic rings. The smallest absolute Gasteiger partial charge is 0.00217 e. The van der Waals surface area contributed by atoms with Crippen LogP contribution in [-0.2, 0) is 6.42 Å². The summed E-state index contributed by atoms with van der Waals surface area (Å²) in [6, 6.07) is 10.7. The molecule has 0 atom stereocenters. The topological polar surface area (TPSA) is 3.24 Å². The van der Waals surface area contributed by atoms with E-state index in [4.69, 9.17) is 0 Å². The van der Waals surface area contributed by atoms with Gasteiger partial charge in [0.15, 0.2) is 0 Å². The van der Waals surface area contributed by atoms with Crippen molar-refractivity contribution in [2.75, 3.05) is 19.6 Å². The minimum absolute atomic E-state index is 1.00. The van der Waals surface area contributed by atoms with Gasteiger partial charge in [0.1, 0.15) is 0 Å². The van der Waals surface area contributed by atoms with Crippen LogP contribution in [0.2, 0.25) is 0 Å². The fourth-order valence-electron chi connectivity index (χ4n) is 1.58. The maximum atomic E-state index is 3.89. The maximum absolute atomic E-state index is 3.89. The molecule has 0 aliphatic carbocycles. The van der Waals surface area contributed by atoms with Gasteiger partial charge in [-0.25, -0.2) is 0 Å². The summed E-state index contributed by atoms with van der Waals surface area (Å²) in [5.41, 5.74) is 1.43. The first-order valence-corrected chi connectivity index (χ1v) is 5.42. The number of hydrogen-bond donors (Lipinski definition) is 0. The Kier molecular flexibility index (Phi) is 5.31. The standard InChI is InChI=1S/C13H20N/c1-3-11-14(4-2)12-10-13-8-6-5-7-9-13/h5-9H,1,3-4,10-12H2,2H3. The summed E-state index contributed by atoms with van der Waals surface area (Å²) in [7, 11) is 0. The van der Waals surface area contributed by atoms with E-state index in [0.717, 1.165) is 32.5 Å². The number of rotatable bonds is 6. The van der Waals surface area contributed by atoms with Crippen molar-refractivity contribution in [1.82, 2.24) is 4.90 Å². The fourth-order valence-corrected chi connectivity index (χ4v) is 1.58. The zero-order valence-corrected chi connectivity index (χ0v) is 9.08. The van der Waals surface area contributed by atoms with E-state index in [9.17, 15) is 0 Å². The highest BCUT2D eigenvalue weighted by molar-refractivity contribution is 5.14. The van der Waals surface area contributed by atoms with E-state index in [0.29, 0.717) is 0 Å². The summed E-state index contributed by atoms with van der Waals surface area (Å²) in [5, 5.41) is 0. The van der Waals surface area contributed by atoms with Crippen molar-refractivity contribution in [2.45, 2.75) is 19.8 Å². The first-order chi connectivity index (χ1) is 6.86. The van der Waals surface area contributed by atoms with Crippen LogP contribution in [0.25, 0.3) is 0 Å². The Hall–Kier alpha value is -0.820. The lowest BCUT2D eigenvalue weighted by Gasteiger charge is -2.19. The second-order valence-electron chi connectivity index (χ2n) is 3.52. The highest BCUT2D eigenvalue weighted by Gasteiger charge is 2.00. The lowest BCUT2D eigenvalue weighted by Crippen LogP contribution is -2.26. The fraction of sp³-hybridized carbons (Fsp3) is 0.462. The van der Waals surface area contributed by atoms with E-state index < -0.39 is 0 Å². The van der Waals surface area contributed by atoms with Crippen LogP contribution in [-0.4, -0.2) is 24.5 Å². The summed E-state index contributed by atoms with van der Waals surface area (Å²) in [5.74, 6) is 0. The molecule has 14 heavy (non-hydrogen) atoms. The van der Waals surface area contributed by atoms with Crippen LogP contribution in [0.1, 0.15) is 18.9 Å². The van der Waals surface area contributed by atoms with Crippen LogP contribution >= 0.6 is 0 Å². The summed E-state index contributed by atoms with van der Waals surface area (Å²) >= 11 is 0. The monoisotopic (exact) mass is 190 g/mol. The molecule has 77 valence electrons. The van der Waals surface area contributed by atoms with Crippen LogP contribution in [0.5, 0.6) is 0 Å². The molecule has 0 N–H and O–H groups in total. The highest BCUT2D eigenvalue weighted by atomic mass is 15.1. The molecule has 1 nitrogen and oxygen atoms in total. The van der Waals surface area contributed by atoms with Crippen LogP contribution in [0.3, 0.4) is 0 Å². The predicted octanol–water partition coefficient (Wildman–Crippen LogP) is 2.78. The Bertz CT molecular complexity index is 230. The third-order valence-corrected chi connectivity index (χ3v) is 2.48. The zero-order valence-electron chi connectivity index (χ0n) is 9.08. The molecule has 1 aromatic rings. The maximum Gasteiger partial charge on any atom is 0.00217 e. The van der Waals surface area contributed by atoms with E-state index in [1.165, 1.54) is 5.56 Å². The average molecular weight is 190 g/mol. The molecule has 1 radical (unpaired) electrons. The second kappa shape index (κ2) is 6.61. The van der Waals surface area contributed by atoms with Crippen molar-refractivity contribution in [1.29, 1.82) is 0 Å². The van der Waals surface area contributed by atoms with Gasteiger partial charge in [-0.3, -0.25) is 0 Å². The third kappa shape index (κ3) is 3.93. The molecule has 0 spiro atoms. The van der Waals surface area contributed by atoms with Gasteiger partial charge in [0.2, 0.25) is 0 Å². The van der Waals surface area contributed by atoms with Crippen molar-refractivity contribution < 1.29 is 0 Å². The van der Waals surface area contributed by atoms with Gasteiger partial charge < -0.3 is 4.90 Å². The molecule has 0 saturated heterocycles. The lowest BCUT2D eigenvalue weighted by atomic mass is 10.1. The molecule has 0 aromatic heterocycles. The summed E-state index contributed by atoms with van der Waals surface area (Å²) in [6.45, 7) is 9.49. The minimum Gasteiger partial charge on any atom is -0.303 e. The van der Waals surface area contributed by atoms with Gasteiger partial charge in [-0.05, 0) is 31.5 Å². The zero-order chi connectivity index (χ0) is 10.2. The SMILES string of the molecule is [CH2]CCN(CC)CCc1ccccc1. The van der Waals surface area contributed by atoms with Crippen molar-refractivity contribution in [3.63, 3.8) is 0 Å². The van der Waals surface area contributed by atoms with E-state index in [1.807, 2.05) is 0 Å². The first-order valence-electron chi connectivity index (χ1n) is 5.42. The number of hydrogen-bond acceptors (Lipinski definition) is 1. The number of benzene rings is 1. The molecule has 0 heterocycles. The van der Waals surface area contributed by atoms with Crippen molar-refractivity contribution in [2.24, 2.45) is 0 Å². The van der Waals surface area contributed by atoms with Crippen molar-refractivity contribution in [3.8, 4) is 0 Å². The molecule has 0 unspecified atom stereocenters. The summed E-state index contributed by atoms with van der Waals surface area (Å²) in [6.07, 6.45) is 2.15. The van der Waals surface area contributed by atoms with E-state index in [2.05, 4.69) is 49.1 Å². The molecule has 1 heteroatoms. The lowest BCUT2D eigenvalue weighted by molar-refractivity contribution is 0.297. The van der Waals surface area contributed by atoms with E-state index >= 15 is 0 Å². The average Bonchev–Trinajstić information content (AvgIpc) is 2.25. The van der Waals surface area contributed by atoms with Crippen molar-refractivity contribution in [3.05, 3.63) is 42.8 Å². The quantitative estimate of drug-likeness (QED) is 0.666. The highest BCUT2D eigenvalue weighted by Crippen LogP contribution is 2.01. The van der Waals surface area contributed by atoms with Crippen LogP contribution < -0.4 is 0 Å². The second-order valence-corrected chi connectivity index (χ2v) is 3.52. The molecule has 0 bridgehead atoms. The first kappa shape index (κ1) is 11.3. The molecule has 1 rings (SSSR count). The van der Waals surface area contributed by atoms with Gasteiger partial charge in [-0.1, -0.05) is 44.2 Å². The predicted molar refractivity (Wildman–Crippen MR) is 62.2 cm³/mol. The third-order valence-electron chi connectivity index (χ3n) is 2.48. The molecule has 0 saturated carbocycles. The molecular formula is C13H20N. The summed E-state index contributed by atoms with van der Waals surface area (Å²) in [4.78, 5) is 2.44. The number of likely N-dealkylation sites (N-methyl/N-ethyl adjacent to an activating group) is 1. The summed E-state index contributed by atoms with van der Waals surface area (Å²) < 4.78 is 0. The normalized spacial score (nSPS) is 10.8. The minimum atomic E-state index is 1.00. The van der Waals surface area contributed by atoms with Gasteiger partial charge in [0, 0.05) is 6.54 Å². The largest absolute Gasteiger partial charge is 0.303 e. The van der Waals surface area contributed by atoms with Gasteiger partial charge in [-0.2, -0.15) is 0 Å². The molecular weight excluding hydrogens is 170 g/mol. The molecule has 0 aliphatic heterocycles. The molecule has 1 aromatic carbocycles. The van der Waals surface area contributed by atoms with Gasteiger partial charge in [-0.15, -0.1) is 0 Å². The Labute approximate surface area is 87.7 Å². The van der Waals surface area contributed by atoms with Crippen molar-refractivity contribution >= 4 is 0 Å². The Morgan fingerprint density at radius 3 is 2.43 bits per heavy atom. The van der Waals surface area contributed by atoms with E-state index in [1.54, 1.807) is 0 Å². The Morgan fingerprint density at radius 2 is 1.86 bits per heavy atom. The molecule has 0 amide bonds.